The van der Waals surface area contributed by atoms with Crippen LogP contribution in [0.1, 0.15) is 47.1 Å². The highest BCUT2D eigenvalue weighted by Crippen LogP contribution is 2.32. The molecular formula is C20H21N5O4S. The second kappa shape index (κ2) is 7.35. The van der Waals surface area contributed by atoms with E-state index in [1.807, 2.05) is 30.3 Å². The maximum atomic E-state index is 13.1. The Morgan fingerprint density at radius 2 is 1.93 bits per heavy atom. The van der Waals surface area contributed by atoms with Crippen molar-refractivity contribution in [2.75, 3.05) is 16.8 Å². The average molecular weight is 427 g/mol. The highest BCUT2D eigenvalue weighted by molar-refractivity contribution is 7.91. The van der Waals surface area contributed by atoms with Crippen LogP contribution >= 0.6 is 0 Å². The van der Waals surface area contributed by atoms with Gasteiger partial charge in [0.1, 0.15) is 0 Å². The standard InChI is InChI=1S/C20H21N5O4S/c26-20(21-19-17(23-29-24-19)13-6-2-1-3-7-13)18-15-8-4-5-9-16(15)25(22-18)14-10-11-30(27,28)12-14/h1-3,6-7,14H,4-5,8-12H2,(H,21,24,26). The number of aromatic nitrogens is 4. The van der Waals surface area contributed by atoms with Gasteiger partial charge in [0.2, 0.25) is 5.82 Å². The first-order chi connectivity index (χ1) is 14.5. The first-order valence-electron chi connectivity index (χ1n) is 10.0. The number of hydrogen-bond acceptors (Lipinski definition) is 7. The van der Waals surface area contributed by atoms with Gasteiger partial charge in [0.05, 0.1) is 17.5 Å². The zero-order valence-electron chi connectivity index (χ0n) is 16.2. The van der Waals surface area contributed by atoms with Crippen molar-refractivity contribution in [2.24, 2.45) is 0 Å². The Kier molecular flexibility index (Phi) is 4.65. The average Bonchev–Trinajstić information content (AvgIpc) is 3.45. The molecule has 1 aliphatic carbocycles. The van der Waals surface area contributed by atoms with E-state index in [1.165, 1.54) is 0 Å². The van der Waals surface area contributed by atoms with Crippen LogP contribution in [0.3, 0.4) is 0 Å². The summed E-state index contributed by atoms with van der Waals surface area (Å²) in [6, 6.07) is 9.11. The van der Waals surface area contributed by atoms with Gasteiger partial charge in [-0.25, -0.2) is 13.0 Å². The molecule has 3 aromatic rings. The molecule has 3 heterocycles. The third-order valence-electron chi connectivity index (χ3n) is 5.75. The SMILES string of the molecule is O=C(Nc1nonc1-c1ccccc1)c1nn(C2CCS(=O)(=O)C2)c2c1CCCC2. The molecule has 156 valence electrons. The van der Waals surface area contributed by atoms with Gasteiger partial charge in [0.25, 0.3) is 5.91 Å². The van der Waals surface area contributed by atoms with Crippen LogP contribution in [0.25, 0.3) is 11.3 Å². The lowest BCUT2D eigenvalue weighted by Crippen LogP contribution is -2.17. The molecule has 0 bridgehead atoms. The van der Waals surface area contributed by atoms with Crippen molar-refractivity contribution < 1.29 is 17.8 Å². The molecule has 1 N–H and O–H groups in total. The number of rotatable bonds is 4. The number of carbonyl (C=O) groups is 1. The van der Waals surface area contributed by atoms with E-state index in [9.17, 15) is 13.2 Å². The van der Waals surface area contributed by atoms with Crippen molar-refractivity contribution in [3.05, 3.63) is 47.3 Å². The summed E-state index contributed by atoms with van der Waals surface area (Å²) in [6.07, 6.45) is 4.06. The summed E-state index contributed by atoms with van der Waals surface area (Å²) in [4.78, 5) is 13.1. The minimum absolute atomic E-state index is 0.0769. The maximum Gasteiger partial charge on any atom is 0.277 e. The molecule has 30 heavy (non-hydrogen) atoms. The summed E-state index contributed by atoms with van der Waals surface area (Å²) >= 11 is 0. The Balaban J connectivity index is 1.47. The molecule has 0 saturated carbocycles. The van der Waals surface area contributed by atoms with Gasteiger partial charge in [-0.3, -0.25) is 9.48 Å². The smallest absolute Gasteiger partial charge is 0.277 e. The first-order valence-corrected chi connectivity index (χ1v) is 11.8. The zero-order chi connectivity index (χ0) is 20.7. The van der Waals surface area contributed by atoms with Crippen molar-refractivity contribution in [1.29, 1.82) is 0 Å². The number of anilines is 1. The molecule has 2 aromatic heterocycles. The fourth-order valence-electron chi connectivity index (χ4n) is 4.30. The van der Waals surface area contributed by atoms with Crippen LogP contribution in [-0.2, 0) is 22.7 Å². The number of nitrogens with zero attached hydrogens (tertiary/aromatic N) is 4. The van der Waals surface area contributed by atoms with Gasteiger partial charge < -0.3 is 5.32 Å². The van der Waals surface area contributed by atoms with E-state index in [4.69, 9.17) is 4.63 Å². The van der Waals surface area contributed by atoms with E-state index in [2.05, 4.69) is 20.7 Å². The highest BCUT2D eigenvalue weighted by Gasteiger charge is 2.34. The number of amides is 1. The second-order valence-electron chi connectivity index (χ2n) is 7.76. The summed E-state index contributed by atoms with van der Waals surface area (Å²) in [5.74, 6) is 0.0845. The number of nitrogens with one attached hydrogen (secondary N) is 1. The van der Waals surface area contributed by atoms with Crippen LogP contribution in [-0.4, -0.2) is 45.9 Å². The number of hydrogen-bond donors (Lipinski definition) is 1. The molecule has 1 saturated heterocycles. The largest absolute Gasteiger partial charge is 0.300 e. The number of benzene rings is 1. The van der Waals surface area contributed by atoms with E-state index in [0.717, 1.165) is 42.5 Å². The molecule has 1 fully saturated rings. The second-order valence-corrected chi connectivity index (χ2v) is 9.99. The topological polar surface area (TPSA) is 120 Å². The minimum atomic E-state index is -3.05. The Morgan fingerprint density at radius 1 is 1.13 bits per heavy atom. The normalized spacial score (nSPS) is 20.1. The Bertz CT molecular complexity index is 1200. The van der Waals surface area contributed by atoms with E-state index < -0.39 is 9.84 Å². The van der Waals surface area contributed by atoms with Crippen molar-refractivity contribution >= 4 is 21.6 Å². The third kappa shape index (κ3) is 3.41. The lowest BCUT2D eigenvalue weighted by molar-refractivity contribution is 0.101. The molecule has 1 aliphatic heterocycles. The monoisotopic (exact) mass is 427 g/mol. The summed E-state index contributed by atoms with van der Waals surface area (Å²) in [7, 11) is -3.05. The Labute approximate surface area is 173 Å². The van der Waals surface area contributed by atoms with E-state index >= 15 is 0 Å². The fourth-order valence-corrected chi connectivity index (χ4v) is 5.99. The summed E-state index contributed by atoms with van der Waals surface area (Å²) < 4.78 is 30.6. The van der Waals surface area contributed by atoms with Gasteiger partial charge in [-0.15, -0.1) is 0 Å². The van der Waals surface area contributed by atoms with Crippen LogP contribution < -0.4 is 5.32 Å². The van der Waals surface area contributed by atoms with E-state index in [-0.39, 0.29) is 29.3 Å². The lowest BCUT2D eigenvalue weighted by atomic mass is 9.95. The maximum absolute atomic E-state index is 13.1. The molecule has 10 heteroatoms. The van der Waals surface area contributed by atoms with Crippen LogP contribution in [0.5, 0.6) is 0 Å². The van der Waals surface area contributed by atoms with Gasteiger partial charge in [0.15, 0.2) is 21.2 Å². The van der Waals surface area contributed by atoms with Crippen molar-refractivity contribution in [1.82, 2.24) is 20.1 Å². The van der Waals surface area contributed by atoms with Crippen LogP contribution in [0, 0.1) is 0 Å². The van der Waals surface area contributed by atoms with E-state index in [0.29, 0.717) is 17.8 Å². The molecule has 2 aliphatic rings. The minimum Gasteiger partial charge on any atom is -0.300 e. The third-order valence-corrected chi connectivity index (χ3v) is 7.50. The Morgan fingerprint density at radius 3 is 2.70 bits per heavy atom. The molecule has 9 nitrogen and oxygen atoms in total. The molecular weight excluding hydrogens is 406 g/mol. The molecule has 1 aromatic carbocycles. The summed E-state index contributed by atoms with van der Waals surface area (Å²) in [5.41, 5.74) is 3.43. The summed E-state index contributed by atoms with van der Waals surface area (Å²) in [6.45, 7) is 0. The zero-order valence-corrected chi connectivity index (χ0v) is 17.1. The molecule has 0 spiro atoms. The fraction of sp³-hybridized carbons (Fsp3) is 0.400. The molecule has 1 atom stereocenters. The van der Waals surface area contributed by atoms with Gasteiger partial charge in [-0.05, 0) is 42.4 Å². The highest BCUT2D eigenvalue weighted by atomic mass is 32.2. The quantitative estimate of drug-likeness (QED) is 0.679. The predicted octanol–water partition coefficient (Wildman–Crippen LogP) is 2.42. The molecule has 1 amide bonds. The first kappa shape index (κ1) is 19.0. The number of sulfone groups is 1. The van der Waals surface area contributed by atoms with E-state index in [1.54, 1.807) is 4.68 Å². The van der Waals surface area contributed by atoms with Crippen molar-refractivity contribution in [3.63, 3.8) is 0 Å². The van der Waals surface area contributed by atoms with Crippen molar-refractivity contribution in [2.45, 2.75) is 38.1 Å². The predicted molar refractivity (Wildman–Crippen MR) is 109 cm³/mol. The van der Waals surface area contributed by atoms with Crippen LogP contribution in [0.4, 0.5) is 5.82 Å². The van der Waals surface area contributed by atoms with Gasteiger partial charge in [0, 0.05) is 16.8 Å². The molecule has 0 radical (unpaired) electrons. The molecule has 5 rings (SSSR count). The van der Waals surface area contributed by atoms with Gasteiger partial charge in [-0.1, -0.05) is 30.3 Å². The molecule has 1 unspecified atom stereocenters. The van der Waals surface area contributed by atoms with Crippen molar-refractivity contribution in [3.8, 4) is 11.3 Å². The lowest BCUT2D eigenvalue weighted by Gasteiger charge is -2.17. The number of fused-ring (bicyclic) bond motifs is 1. The summed E-state index contributed by atoms with van der Waals surface area (Å²) in [5, 5.41) is 15.1. The van der Waals surface area contributed by atoms with Gasteiger partial charge >= 0.3 is 0 Å². The number of carbonyl (C=O) groups excluding carboxylic acids is 1. The van der Waals surface area contributed by atoms with Gasteiger partial charge in [-0.2, -0.15) is 5.10 Å². The van der Waals surface area contributed by atoms with Crippen LogP contribution in [0.2, 0.25) is 0 Å². The van der Waals surface area contributed by atoms with Crippen LogP contribution in [0.15, 0.2) is 35.0 Å². The Hall–Kier alpha value is -3.01.